The van der Waals surface area contributed by atoms with Crippen LogP contribution in [-0.4, -0.2) is 0 Å². The van der Waals surface area contributed by atoms with Crippen LogP contribution < -0.4 is 0 Å². The molecule has 0 heterocycles. The van der Waals surface area contributed by atoms with Gasteiger partial charge in [-0.3, -0.25) is 0 Å². The lowest BCUT2D eigenvalue weighted by Crippen LogP contribution is -1.68. The van der Waals surface area contributed by atoms with Crippen LogP contribution in [-0.2, 0) is 4.74 Å². The minimum absolute atomic E-state index is 0.998. The Morgan fingerprint density at radius 3 is 3.00 bits per heavy atom. The monoisotopic (exact) mass is 125 g/mol. The molecule has 0 aromatic rings. The topological polar surface area (TPSA) is 33.0 Å². The van der Waals surface area contributed by atoms with Crippen molar-refractivity contribution in [1.82, 2.24) is 0 Å². The van der Waals surface area contributed by atoms with Crippen LogP contribution in [0.25, 0.3) is 0 Å². The number of unbranched alkanes of at least 4 members (excludes halogenated alkanes) is 2. The maximum absolute atomic E-state index is 7.90. The Balaban J connectivity index is 2.97. The highest BCUT2D eigenvalue weighted by molar-refractivity contribution is 4.75. The predicted molar refractivity (Wildman–Crippen MR) is 35.4 cm³/mol. The molecule has 9 heavy (non-hydrogen) atoms. The molecule has 0 aromatic heterocycles. The molecule has 0 aliphatic heterocycles. The number of nitrogens with zero attached hydrogens (tertiary/aromatic N) is 1. The van der Waals surface area contributed by atoms with Gasteiger partial charge in [-0.15, -0.1) is 5.26 Å². The zero-order valence-electron chi connectivity index (χ0n) is 5.63. The second kappa shape index (κ2) is 7.03. The number of rotatable bonds is 4. The summed E-state index contributed by atoms with van der Waals surface area (Å²) in [6, 6.07) is 0. The molecule has 0 saturated heterocycles. The van der Waals surface area contributed by atoms with Crippen molar-refractivity contribution in [2.24, 2.45) is 0 Å². The third-order valence-electron chi connectivity index (χ3n) is 0.941. The SMILES string of the molecule is CCCCC=COC#N. The molecule has 0 rings (SSSR count). The summed E-state index contributed by atoms with van der Waals surface area (Å²) in [7, 11) is 0. The van der Waals surface area contributed by atoms with Crippen LogP contribution in [0.3, 0.4) is 0 Å². The summed E-state index contributed by atoms with van der Waals surface area (Å²) in [6.45, 7) is 2.12. The third kappa shape index (κ3) is 7.03. The van der Waals surface area contributed by atoms with Crippen molar-refractivity contribution < 1.29 is 4.74 Å². The Kier molecular flexibility index (Phi) is 6.27. The van der Waals surface area contributed by atoms with Crippen molar-refractivity contribution in [2.45, 2.75) is 26.2 Å². The number of hydrogen-bond acceptors (Lipinski definition) is 2. The molecule has 0 aromatic carbocycles. The van der Waals surface area contributed by atoms with Crippen molar-refractivity contribution in [3.05, 3.63) is 12.3 Å². The molecule has 0 aliphatic carbocycles. The molecule has 0 fully saturated rings. The van der Waals surface area contributed by atoms with E-state index >= 15 is 0 Å². The van der Waals surface area contributed by atoms with Crippen molar-refractivity contribution >= 4 is 0 Å². The molecule has 0 aliphatic rings. The lowest BCUT2D eigenvalue weighted by Gasteiger charge is -1.85. The average Bonchev–Trinajstić information content (AvgIpc) is 1.89. The van der Waals surface area contributed by atoms with Gasteiger partial charge in [0, 0.05) is 0 Å². The van der Waals surface area contributed by atoms with Crippen LogP contribution in [0.1, 0.15) is 26.2 Å². The standard InChI is InChI=1S/C7H11NO/c1-2-3-4-5-6-9-7-8/h5-6H,2-4H2,1H3. The first-order valence-electron chi connectivity index (χ1n) is 3.11. The molecular formula is C7H11NO. The van der Waals surface area contributed by atoms with Gasteiger partial charge in [-0.25, -0.2) is 0 Å². The summed E-state index contributed by atoms with van der Waals surface area (Å²) in [4.78, 5) is 0. The smallest absolute Gasteiger partial charge is 0.291 e. The Morgan fingerprint density at radius 2 is 2.44 bits per heavy atom. The zero-order chi connectivity index (χ0) is 6.95. The first-order chi connectivity index (χ1) is 4.41. The number of hydrogen-bond donors (Lipinski definition) is 0. The van der Waals surface area contributed by atoms with Crippen LogP contribution in [0.5, 0.6) is 0 Å². The molecule has 0 radical (unpaired) electrons. The maximum atomic E-state index is 7.90. The minimum Gasteiger partial charge on any atom is -0.396 e. The zero-order valence-corrected chi connectivity index (χ0v) is 5.63. The third-order valence-corrected chi connectivity index (χ3v) is 0.941. The molecule has 0 saturated carbocycles. The first kappa shape index (κ1) is 8.03. The molecule has 0 unspecified atom stereocenters. The van der Waals surface area contributed by atoms with Crippen molar-refractivity contribution in [2.75, 3.05) is 0 Å². The van der Waals surface area contributed by atoms with E-state index in [1.165, 1.54) is 12.7 Å². The van der Waals surface area contributed by atoms with E-state index in [2.05, 4.69) is 11.7 Å². The number of nitriles is 1. The van der Waals surface area contributed by atoms with Gasteiger partial charge < -0.3 is 4.74 Å². The molecule has 0 amide bonds. The quantitative estimate of drug-likeness (QED) is 0.328. The highest BCUT2D eigenvalue weighted by atomic mass is 16.5. The summed E-state index contributed by atoms with van der Waals surface area (Å²) in [5.41, 5.74) is 0. The van der Waals surface area contributed by atoms with Gasteiger partial charge in [-0.1, -0.05) is 13.3 Å². The fraction of sp³-hybridized carbons (Fsp3) is 0.571. The van der Waals surface area contributed by atoms with E-state index in [4.69, 9.17) is 5.26 Å². The van der Waals surface area contributed by atoms with Crippen LogP contribution in [0.15, 0.2) is 12.3 Å². The minimum atomic E-state index is 0.998. The Bertz CT molecular complexity index is 113. The van der Waals surface area contributed by atoms with Gasteiger partial charge in [0.25, 0.3) is 6.26 Å². The highest BCUT2D eigenvalue weighted by Gasteiger charge is 1.76. The van der Waals surface area contributed by atoms with Gasteiger partial charge in [-0.2, -0.15) is 0 Å². The van der Waals surface area contributed by atoms with Gasteiger partial charge in [0.2, 0.25) is 0 Å². The lowest BCUT2D eigenvalue weighted by molar-refractivity contribution is 0.426. The van der Waals surface area contributed by atoms with Crippen LogP contribution in [0.4, 0.5) is 0 Å². The second-order valence-electron chi connectivity index (χ2n) is 1.72. The molecule has 2 nitrogen and oxygen atoms in total. The summed E-state index contributed by atoms with van der Waals surface area (Å²) < 4.78 is 4.31. The maximum Gasteiger partial charge on any atom is 0.291 e. The second-order valence-corrected chi connectivity index (χ2v) is 1.72. The Morgan fingerprint density at radius 1 is 1.67 bits per heavy atom. The Hall–Kier alpha value is -0.970. The summed E-state index contributed by atoms with van der Waals surface area (Å²) in [6.07, 6.45) is 8.17. The van der Waals surface area contributed by atoms with Gasteiger partial charge in [0.1, 0.15) is 6.26 Å². The van der Waals surface area contributed by atoms with Crippen LogP contribution in [0, 0.1) is 11.5 Å². The van der Waals surface area contributed by atoms with E-state index in [9.17, 15) is 0 Å². The van der Waals surface area contributed by atoms with E-state index in [0.717, 1.165) is 12.8 Å². The predicted octanol–water partition coefficient (Wildman–Crippen LogP) is 2.19. The summed E-state index contributed by atoms with van der Waals surface area (Å²) in [5, 5.41) is 7.90. The van der Waals surface area contributed by atoms with Gasteiger partial charge in [0.05, 0.1) is 0 Å². The van der Waals surface area contributed by atoms with E-state index in [0.29, 0.717) is 0 Å². The van der Waals surface area contributed by atoms with Crippen molar-refractivity contribution in [3.63, 3.8) is 0 Å². The van der Waals surface area contributed by atoms with E-state index in [1.807, 2.05) is 6.08 Å². The fourth-order valence-corrected chi connectivity index (χ4v) is 0.469. The van der Waals surface area contributed by atoms with Crippen LogP contribution >= 0.6 is 0 Å². The van der Waals surface area contributed by atoms with E-state index in [-0.39, 0.29) is 0 Å². The van der Waals surface area contributed by atoms with E-state index in [1.54, 1.807) is 6.26 Å². The molecule has 0 atom stereocenters. The van der Waals surface area contributed by atoms with Gasteiger partial charge in [-0.05, 0) is 18.9 Å². The first-order valence-corrected chi connectivity index (χ1v) is 3.11. The highest BCUT2D eigenvalue weighted by Crippen LogP contribution is 1.94. The molecule has 0 spiro atoms. The summed E-state index contributed by atoms with van der Waals surface area (Å²) >= 11 is 0. The number of allylic oxidation sites excluding steroid dienone is 1. The van der Waals surface area contributed by atoms with Crippen LogP contribution in [0.2, 0.25) is 0 Å². The molecule has 50 valence electrons. The van der Waals surface area contributed by atoms with Gasteiger partial charge >= 0.3 is 0 Å². The Labute approximate surface area is 55.7 Å². The molecule has 0 bridgehead atoms. The molecular weight excluding hydrogens is 114 g/mol. The van der Waals surface area contributed by atoms with Gasteiger partial charge in [0.15, 0.2) is 0 Å². The average molecular weight is 125 g/mol. The largest absolute Gasteiger partial charge is 0.396 e. The number of ether oxygens (including phenoxy) is 1. The molecule has 2 heteroatoms. The summed E-state index contributed by atoms with van der Waals surface area (Å²) in [5.74, 6) is 0. The lowest BCUT2D eigenvalue weighted by atomic mass is 10.2. The normalized spacial score (nSPS) is 9.33. The van der Waals surface area contributed by atoms with E-state index < -0.39 is 0 Å². The fourth-order valence-electron chi connectivity index (χ4n) is 0.469. The van der Waals surface area contributed by atoms with Crippen molar-refractivity contribution in [3.8, 4) is 6.26 Å². The van der Waals surface area contributed by atoms with Crippen molar-refractivity contribution in [1.29, 1.82) is 5.26 Å². The molecule has 0 N–H and O–H groups in total.